The van der Waals surface area contributed by atoms with Crippen LogP contribution in [0.15, 0.2) is 23.2 Å². The Morgan fingerprint density at radius 2 is 2.19 bits per heavy atom. The van der Waals surface area contributed by atoms with Crippen molar-refractivity contribution in [3.05, 3.63) is 29.3 Å². The van der Waals surface area contributed by atoms with Crippen LogP contribution in [0.25, 0.3) is 0 Å². The summed E-state index contributed by atoms with van der Waals surface area (Å²) in [5.74, 6) is 2.39. The van der Waals surface area contributed by atoms with E-state index >= 15 is 0 Å². The van der Waals surface area contributed by atoms with Crippen molar-refractivity contribution in [1.82, 2.24) is 15.5 Å². The summed E-state index contributed by atoms with van der Waals surface area (Å²) in [7, 11) is 3.49. The number of aryl methyl sites for hydroxylation is 1. The van der Waals surface area contributed by atoms with E-state index in [9.17, 15) is 0 Å². The average Bonchev–Trinajstić information content (AvgIpc) is 2.62. The molecule has 1 atom stereocenters. The normalized spacial score (nSPS) is 18.8. The van der Waals surface area contributed by atoms with Gasteiger partial charge < -0.3 is 20.1 Å². The molecule has 0 amide bonds. The number of nitrogens with zero attached hydrogens (tertiary/aromatic N) is 2. The Kier molecular flexibility index (Phi) is 8.19. The Labute approximate surface area is 158 Å². The lowest BCUT2D eigenvalue weighted by Crippen LogP contribution is -2.50. The van der Waals surface area contributed by atoms with Crippen LogP contribution in [-0.2, 0) is 11.3 Å². The van der Waals surface area contributed by atoms with Crippen molar-refractivity contribution >= 4 is 5.96 Å². The summed E-state index contributed by atoms with van der Waals surface area (Å²) >= 11 is 0. The SMILES string of the molecule is CN=C(NCc1ccc(OC)c(C)c1)NCC1CN(CC(C)C)CCO1. The minimum atomic E-state index is 0.198. The van der Waals surface area contributed by atoms with Crippen molar-refractivity contribution in [3.63, 3.8) is 0 Å². The third kappa shape index (κ3) is 6.50. The van der Waals surface area contributed by atoms with E-state index < -0.39 is 0 Å². The average molecular weight is 363 g/mol. The summed E-state index contributed by atoms with van der Waals surface area (Å²) in [5.41, 5.74) is 2.33. The number of ether oxygens (including phenoxy) is 2. The molecule has 1 aliphatic rings. The fourth-order valence-electron chi connectivity index (χ4n) is 3.25. The number of hydrogen-bond acceptors (Lipinski definition) is 4. The number of morpholine rings is 1. The van der Waals surface area contributed by atoms with Gasteiger partial charge in [-0.3, -0.25) is 9.89 Å². The van der Waals surface area contributed by atoms with Crippen molar-refractivity contribution in [3.8, 4) is 5.75 Å². The first-order valence-electron chi connectivity index (χ1n) is 9.43. The molecule has 0 saturated carbocycles. The molecule has 1 heterocycles. The summed E-state index contributed by atoms with van der Waals surface area (Å²) in [4.78, 5) is 6.79. The van der Waals surface area contributed by atoms with Crippen molar-refractivity contribution in [2.45, 2.75) is 33.4 Å². The molecule has 0 spiro atoms. The van der Waals surface area contributed by atoms with Gasteiger partial charge in [0.15, 0.2) is 5.96 Å². The summed E-state index contributed by atoms with van der Waals surface area (Å²) in [6, 6.07) is 6.20. The number of methoxy groups -OCH3 is 1. The van der Waals surface area contributed by atoms with Crippen LogP contribution in [0.2, 0.25) is 0 Å². The zero-order chi connectivity index (χ0) is 18.9. The molecule has 2 N–H and O–H groups in total. The molecule has 26 heavy (non-hydrogen) atoms. The topological polar surface area (TPSA) is 58.1 Å². The molecule has 1 fully saturated rings. The van der Waals surface area contributed by atoms with Crippen molar-refractivity contribution in [1.29, 1.82) is 0 Å². The summed E-state index contributed by atoms with van der Waals surface area (Å²) in [6.45, 7) is 12.0. The zero-order valence-corrected chi connectivity index (χ0v) is 16.8. The minimum Gasteiger partial charge on any atom is -0.496 e. The Morgan fingerprint density at radius 1 is 1.38 bits per heavy atom. The maximum Gasteiger partial charge on any atom is 0.191 e. The molecule has 0 aliphatic carbocycles. The number of aliphatic imine (C=N–C) groups is 1. The van der Waals surface area contributed by atoms with Gasteiger partial charge in [-0.05, 0) is 30.0 Å². The largest absolute Gasteiger partial charge is 0.496 e. The van der Waals surface area contributed by atoms with Crippen molar-refractivity contribution in [2.75, 3.05) is 46.9 Å². The number of rotatable bonds is 7. The van der Waals surface area contributed by atoms with E-state index in [2.05, 4.69) is 53.4 Å². The van der Waals surface area contributed by atoms with Crippen LogP contribution < -0.4 is 15.4 Å². The van der Waals surface area contributed by atoms with Crippen LogP contribution in [-0.4, -0.2) is 63.9 Å². The monoisotopic (exact) mass is 362 g/mol. The minimum absolute atomic E-state index is 0.198. The van der Waals surface area contributed by atoms with Crippen LogP contribution in [0.3, 0.4) is 0 Å². The first-order chi connectivity index (χ1) is 12.5. The van der Waals surface area contributed by atoms with E-state index in [-0.39, 0.29) is 6.10 Å². The first-order valence-corrected chi connectivity index (χ1v) is 9.43. The van der Waals surface area contributed by atoms with Crippen molar-refractivity contribution in [2.24, 2.45) is 10.9 Å². The van der Waals surface area contributed by atoms with E-state index in [0.717, 1.165) is 56.6 Å². The first kappa shape index (κ1) is 20.5. The third-order valence-corrected chi connectivity index (χ3v) is 4.49. The molecule has 1 aromatic rings. The molecule has 1 saturated heterocycles. The Bertz CT molecular complexity index is 589. The molecule has 2 rings (SSSR count). The van der Waals surface area contributed by atoms with Crippen LogP contribution in [0.5, 0.6) is 5.75 Å². The zero-order valence-electron chi connectivity index (χ0n) is 16.8. The van der Waals surface area contributed by atoms with Gasteiger partial charge in [-0.15, -0.1) is 0 Å². The number of guanidine groups is 1. The molecule has 146 valence electrons. The lowest BCUT2D eigenvalue weighted by atomic mass is 10.1. The molecule has 0 aromatic heterocycles. The Morgan fingerprint density at radius 3 is 2.85 bits per heavy atom. The highest BCUT2D eigenvalue weighted by Gasteiger charge is 2.21. The van der Waals surface area contributed by atoms with Gasteiger partial charge in [-0.25, -0.2) is 0 Å². The second kappa shape index (κ2) is 10.4. The van der Waals surface area contributed by atoms with Gasteiger partial charge in [0.05, 0.1) is 19.8 Å². The predicted octanol–water partition coefficient (Wildman–Crippen LogP) is 2.03. The Balaban J connectivity index is 1.78. The van der Waals surface area contributed by atoms with E-state index in [1.54, 1.807) is 14.2 Å². The maximum atomic E-state index is 5.89. The van der Waals surface area contributed by atoms with E-state index in [1.807, 2.05) is 6.07 Å². The van der Waals surface area contributed by atoms with Gasteiger partial charge in [0.25, 0.3) is 0 Å². The molecule has 6 nitrogen and oxygen atoms in total. The molecular formula is C20H34N4O2. The summed E-state index contributed by atoms with van der Waals surface area (Å²) < 4.78 is 11.2. The molecule has 1 aliphatic heterocycles. The second-order valence-corrected chi connectivity index (χ2v) is 7.26. The highest BCUT2D eigenvalue weighted by molar-refractivity contribution is 5.79. The van der Waals surface area contributed by atoms with E-state index in [4.69, 9.17) is 9.47 Å². The fourth-order valence-corrected chi connectivity index (χ4v) is 3.25. The molecule has 0 radical (unpaired) electrons. The van der Waals surface area contributed by atoms with Crippen LogP contribution in [0.4, 0.5) is 0 Å². The number of benzene rings is 1. The number of nitrogens with one attached hydrogen (secondary N) is 2. The molecule has 0 bridgehead atoms. The van der Waals surface area contributed by atoms with Gasteiger partial charge in [-0.1, -0.05) is 26.0 Å². The van der Waals surface area contributed by atoms with Crippen molar-refractivity contribution < 1.29 is 9.47 Å². The van der Waals surface area contributed by atoms with Gasteiger partial charge in [0.2, 0.25) is 0 Å². The van der Waals surface area contributed by atoms with Gasteiger partial charge in [0, 0.05) is 39.8 Å². The van der Waals surface area contributed by atoms with E-state index in [0.29, 0.717) is 5.92 Å². The molecule has 1 unspecified atom stereocenters. The second-order valence-electron chi connectivity index (χ2n) is 7.26. The molecular weight excluding hydrogens is 328 g/mol. The van der Waals surface area contributed by atoms with Gasteiger partial charge in [-0.2, -0.15) is 0 Å². The fraction of sp³-hybridized carbons (Fsp3) is 0.650. The van der Waals surface area contributed by atoms with Crippen LogP contribution in [0, 0.1) is 12.8 Å². The Hall–Kier alpha value is -1.79. The van der Waals surface area contributed by atoms with Crippen LogP contribution >= 0.6 is 0 Å². The quantitative estimate of drug-likeness (QED) is 0.574. The molecule has 6 heteroatoms. The highest BCUT2D eigenvalue weighted by atomic mass is 16.5. The molecule has 1 aromatic carbocycles. The summed E-state index contributed by atoms with van der Waals surface area (Å²) in [6.07, 6.45) is 0.198. The van der Waals surface area contributed by atoms with E-state index in [1.165, 1.54) is 5.56 Å². The van der Waals surface area contributed by atoms with Crippen LogP contribution in [0.1, 0.15) is 25.0 Å². The lowest BCUT2D eigenvalue weighted by Gasteiger charge is -2.34. The van der Waals surface area contributed by atoms with Gasteiger partial charge >= 0.3 is 0 Å². The third-order valence-electron chi connectivity index (χ3n) is 4.49. The standard InChI is InChI=1S/C20H34N4O2/c1-15(2)13-24-8-9-26-18(14-24)12-23-20(21-4)22-11-17-6-7-19(25-5)16(3)10-17/h6-7,10,15,18H,8-9,11-14H2,1-5H3,(H2,21,22,23). The summed E-state index contributed by atoms with van der Waals surface area (Å²) in [5, 5.41) is 6.75. The smallest absolute Gasteiger partial charge is 0.191 e. The number of hydrogen-bond donors (Lipinski definition) is 2. The van der Waals surface area contributed by atoms with Gasteiger partial charge in [0.1, 0.15) is 5.75 Å². The lowest BCUT2D eigenvalue weighted by molar-refractivity contribution is -0.0284. The highest BCUT2D eigenvalue weighted by Crippen LogP contribution is 2.18. The maximum absolute atomic E-state index is 5.89. The predicted molar refractivity (Wildman–Crippen MR) is 107 cm³/mol.